The molecule has 0 radical (unpaired) electrons. The van der Waals surface area contributed by atoms with E-state index in [2.05, 4.69) is 5.32 Å². The van der Waals surface area contributed by atoms with Crippen LogP contribution >= 0.6 is 0 Å². The van der Waals surface area contributed by atoms with Crippen LogP contribution in [0.1, 0.15) is 52.5 Å². The van der Waals surface area contributed by atoms with Crippen molar-refractivity contribution >= 4 is 35.2 Å². The van der Waals surface area contributed by atoms with Crippen molar-refractivity contribution in [2.45, 2.75) is 32.7 Å². The lowest BCUT2D eigenvalue weighted by Gasteiger charge is -2.13. The van der Waals surface area contributed by atoms with Crippen molar-refractivity contribution in [2.24, 2.45) is 0 Å². The van der Waals surface area contributed by atoms with Crippen LogP contribution < -0.4 is 5.32 Å². The second-order valence-corrected chi connectivity index (χ2v) is 7.05. The summed E-state index contributed by atoms with van der Waals surface area (Å²) in [6.07, 6.45) is 0.812. The van der Waals surface area contributed by atoms with E-state index in [1.165, 1.54) is 17.0 Å². The summed E-state index contributed by atoms with van der Waals surface area (Å²) in [5.74, 6) is -1.55. The minimum atomic E-state index is -0.653. The van der Waals surface area contributed by atoms with Crippen molar-refractivity contribution in [1.82, 2.24) is 4.90 Å². The number of hydrogen-bond donors (Lipinski definition) is 1. The molecule has 0 atom stereocenters. The Bertz CT molecular complexity index is 995. The highest BCUT2D eigenvalue weighted by Gasteiger charge is 2.28. The third kappa shape index (κ3) is 5.63. The molecular formula is C23H22N2O6. The fraction of sp³-hybridized carbons (Fsp3) is 0.261. The largest absolute Gasteiger partial charge is 0.454 e. The van der Waals surface area contributed by atoms with Crippen LogP contribution in [0.5, 0.6) is 0 Å². The van der Waals surface area contributed by atoms with Crippen LogP contribution in [0, 0.1) is 0 Å². The highest BCUT2D eigenvalue weighted by molar-refractivity contribution is 6.02. The zero-order chi connectivity index (χ0) is 22.4. The normalized spacial score (nSPS) is 13.3. The molecule has 1 fully saturated rings. The number of carbonyl (C=O) groups excluding carboxylic acids is 5. The van der Waals surface area contributed by atoms with Gasteiger partial charge in [0.15, 0.2) is 12.4 Å². The van der Waals surface area contributed by atoms with Crippen molar-refractivity contribution in [2.75, 3.05) is 11.9 Å². The first-order valence-electron chi connectivity index (χ1n) is 9.89. The van der Waals surface area contributed by atoms with E-state index in [0.717, 1.165) is 0 Å². The van der Waals surface area contributed by atoms with Crippen molar-refractivity contribution < 1.29 is 28.7 Å². The van der Waals surface area contributed by atoms with Crippen LogP contribution in [0.3, 0.4) is 0 Å². The number of amides is 3. The highest BCUT2D eigenvalue weighted by atomic mass is 16.5. The number of nitrogens with zero attached hydrogens (tertiary/aromatic N) is 1. The van der Waals surface area contributed by atoms with Gasteiger partial charge in [0.2, 0.25) is 17.7 Å². The molecule has 1 aliphatic heterocycles. The van der Waals surface area contributed by atoms with Crippen molar-refractivity contribution in [3.8, 4) is 0 Å². The smallest absolute Gasteiger partial charge is 0.338 e. The SMILES string of the molecule is CCC(=O)Nc1ccc(C(=O)COC(=O)c2ccc(CN3C(=O)CCC3=O)cc2)cc1. The average Bonchev–Trinajstić information content (AvgIpc) is 3.10. The standard InChI is InChI=1S/C23H22N2O6/c1-2-20(27)24-18-9-7-16(8-10-18)19(26)14-31-23(30)17-5-3-15(4-6-17)13-25-21(28)11-12-22(25)29/h3-10H,2,11-14H2,1H3,(H,24,27). The second-order valence-electron chi connectivity index (χ2n) is 7.05. The van der Waals surface area contributed by atoms with Crippen LogP contribution in [0.4, 0.5) is 5.69 Å². The van der Waals surface area contributed by atoms with Gasteiger partial charge in [-0.3, -0.25) is 24.1 Å². The van der Waals surface area contributed by atoms with E-state index in [-0.39, 0.29) is 48.5 Å². The topological polar surface area (TPSA) is 110 Å². The third-order valence-electron chi connectivity index (χ3n) is 4.83. The summed E-state index contributed by atoms with van der Waals surface area (Å²) in [6.45, 7) is 1.49. The molecule has 0 aliphatic carbocycles. The van der Waals surface area contributed by atoms with Gasteiger partial charge >= 0.3 is 5.97 Å². The maximum absolute atomic E-state index is 12.2. The van der Waals surface area contributed by atoms with E-state index in [4.69, 9.17) is 4.74 Å². The molecular weight excluding hydrogens is 400 g/mol. The molecule has 1 N–H and O–H groups in total. The summed E-state index contributed by atoms with van der Waals surface area (Å²) in [5, 5.41) is 2.69. The number of anilines is 1. The lowest BCUT2D eigenvalue weighted by Crippen LogP contribution is -2.28. The van der Waals surface area contributed by atoms with Crippen LogP contribution in [0.2, 0.25) is 0 Å². The van der Waals surface area contributed by atoms with Crippen molar-refractivity contribution in [3.63, 3.8) is 0 Å². The van der Waals surface area contributed by atoms with E-state index in [1.54, 1.807) is 43.3 Å². The first-order valence-corrected chi connectivity index (χ1v) is 9.89. The molecule has 1 heterocycles. The second kappa shape index (κ2) is 9.80. The minimum absolute atomic E-state index is 0.127. The predicted octanol–water partition coefficient (Wildman–Crippen LogP) is 2.72. The van der Waals surface area contributed by atoms with Crippen molar-refractivity contribution in [1.29, 1.82) is 0 Å². The molecule has 8 nitrogen and oxygen atoms in total. The van der Waals surface area contributed by atoms with Crippen LogP contribution in [-0.2, 0) is 25.7 Å². The van der Waals surface area contributed by atoms with Gasteiger partial charge in [-0.2, -0.15) is 0 Å². The molecule has 1 aliphatic rings. The minimum Gasteiger partial charge on any atom is -0.454 e. The molecule has 160 valence electrons. The molecule has 31 heavy (non-hydrogen) atoms. The average molecular weight is 422 g/mol. The quantitative estimate of drug-likeness (QED) is 0.398. The number of ether oxygens (including phenoxy) is 1. The summed E-state index contributed by atoms with van der Waals surface area (Å²) < 4.78 is 5.09. The fourth-order valence-electron chi connectivity index (χ4n) is 3.01. The molecule has 8 heteroatoms. The monoisotopic (exact) mass is 422 g/mol. The zero-order valence-corrected chi connectivity index (χ0v) is 17.1. The highest BCUT2D eigenvalue weighted by Crippen LogP contribution is 2.17. The Kier molecular flexibility index (Phi) is 6.92. The number of benzene rings is 2. The van der Waals surface area contributed by atoms with Crippen LogP contribution in [0.25, 0.3) is 0 Å². The van der Waals surface area contributed by atoms with Gasteiger partial charge in [0.1, 0.15) is 0 Å². The summed E-state index contributed by atoms with van der Waals surface area (Å²) in [7, 11) is 0. The third-order valence-corrected chi connectivity index (χ3v) is 4.83. The number of rotatable bonds is 8. The number of imide groups is 1. The van der Waals surface area contributed by atoms with Gasteiger partial charge in [-0.1, -0.05) is 19.1 Å². The Labute approximate surface area is 179 Å². The predicted molar refractivity (Wildman–Crippen MR) is 111 cm³/mol. The maximum atomic E-state index is 12.2. The van der Waals surface area contributed by atoms with E-state index in [1.807, 2.05) is 0 Å². The number of hydrogen-bond acceptors (Lipinski definition) is 6. The first kappa shape index (κ1) is 21.9. The number of carbonyl (C=O) groups is 5. The van der Waals surface area contributed by atoms with Crippen LogP contribution in [-0.4, -0.2) is 41.0 Å². The van der Waals surface area contributed by atoms with Gasteiger partial charge in [-0.25, -0.2) is 4.79 Å². The van der Waals surface area contributed by atoms with Gasteiger partial charge < -0.3 is 10.1 Å². The summed E-state index contributed by atoms with van der Waals surface area (Å²) in [5.41, 5.74) is 1.91. The van der Waals surface area contributed by atoms with E-state index in [0.29, 0.717) is 23.2 Å². The maximum Gasteiger partial charge on any atom is 0.338 e. The van der Waals surface area contributed by atoms with E-state index >= 15 is 0 Å². The molecule has 0 spiro atoms. The molecule has 0 bridgehead atoms. The van der Waals surface area contributed by atoms with Crippen LogP contribution in [0.15, 0.2) is 48.5 Å². The Hall–Kier alpha value is -3.81. The molecule has 3 rings (SSSR count). The Morgan fingerprint density at radius 3 is 2.06 bits per heavy atom. The molecule has 2 aromatic carbocycles. The number of nitrogens with one attached hydrogen (secondary N) is 1. The molecule has 1 saturated heterocycles. The van der Waals surface area contributed by atoms with Gasteiger partial charge in [-0.15, -0.1) is 0 Å². The Morgan fingerprint density at radius 2 is 1.48 bits per heavy atom. The lowest BCUT2D eigenvalue weighted by molar-refractivity contribution is -0.139. The number of Topliss-reactive ketones (excluding diaryl/α,β-unsaturated/α-hetero) is 1. The lowest BCUT2D eigenvalue weighted by atomic mass is 10.1. The molecule has 0 saturated carbocycles. The van der Waals surface area contributed by atoms with Gasteiger partial charge in [0, 0.05) is 30.5 Å². The Balaban J connectivity index is 1.52. The van der Waals surface area contributed by atoms with Gasteiger partial charge in [0.25, 0.3) is 0 Å². The summed E-state index contributed by atoms with van der Waals surface area (Å²) in [4.78, 5) is 60.4. The van der Waals surface area contributed by atoms with Crippen molar-refractivity contribution in [3.05, 3.63) is 65.2 Å². The molecule has 0 unspecified atom stereocenters. The van der Waals surface area contributed by atoms with E-state index in [9.17, 15) is 24.0 Å². The first-order chi connectivity index (χ1) is 14.9. The molecule has 3 amide bonds. The van der Waals surface area contributed by atoms with E-state index < -0.39 is 12.6 Å². The van der Waals surface area contributed by atoms with Gasteiger partial charge in [-0.05, 0) is 42.0 Å². The molecule has 2 aromatic rings. The number of likely N-dealkylation sites (tertiary alicyclic amines) is 1. The van der Waals surface area contributed by atoms with Gasteiger partial charge in [0.05, 0.1) is 12.1 Å². The number of esters is 1. The molecule has 0 aromatic heterocycles. The summed E-state index contributed by atoms with van der Waals surface area (Å²) >= 11 is 0. The zero-order valence-electron chi connectivity index (χ0n) is 17.1. The fourth-order valence-corrected chi connectivity index (χ4v) is 3.01. The Morgan fingerprint density at radius 1 is 0.903 bits per heavy atom. The number of ketones is 1. The summed E-state index contributed by atoms with van der Waals surface area (Å²) in [6, 6.07) is 12.7.